The number of benzene rings is 3. The fourth-order valence-corrected chi connectivity index (χ4v) is 7.68. The Morgan fingerprint density at radius 1 is 1.00 bits per heavy atom. The maximum Gasteiger partial charge on any atom is 0.338 e. The minimum absolute atomic E-state index is 0.189. The third-order valence-corrected chi connectivity index (χ3v) is 9.99. The van der Waals surface area contributed by atoms with E-state index < -0.39 is 12.0 Å². The van der Waals surface area contributed by atoms with Gasteiger partial charge in [-0.25, -0.2) is 9.79 Å². The van der Waals surface area contributed by atoms with Crippen LogP contribution in [0.1, 0.15) is 34.5 Å². The maximum atomic E-state index is 14.3. The van der Waals surface area contributed by atoms with Gasteiger partial charge in [0.1, 0.15) is 6.04 Å². The molecule has 0 bridgehead atoms. The minimum Gasteiger partial charge on any atom is -0.463 e. The molecule has 218 valence electrons. The fourth-order valence-electron chi connectivity index (χ4n) is 5.61. The summed E-state index contributed by atoms with van der Waals surface area (Å²) in [6, 6.07) is 29.4. The van der Waals surface area contributed by atoms with Crippen LogP contribution in [0.4, 0.5) is 0 Å². The van der Waals surface area contributed by atoms with Crippen LogP contribution in [-0.4, -0.2) is 21.7 Å². The normalized spacial score (nSPS) is 15.0. The molecule has 44 heavy (non-hydrogen) atoms. The van der Waals surface area contributed by atoms with E-state index in [9.17, 15) is 9.59 Å². The number of nitrogens with zero attached hydrogens (tertiary/aromatic N) is 3. The standard InChI is InChI=1S/C35H26BrN3O3S2/c1-2-42-34(41)30-31(23-9-4-3-5-10-23)37-35-39(32(30)28-13-8-18-43-28)33(40)29(44-35)19-24-21-38(27-12-7-6-11-26(24)27)20-22-14-16-25(36)17-15-22/h3-19,21,32H,2,20H2,1H3. The molecule has 1 unspecified atom stereocenters. The molecule has 3 aromatic carbocycles. The lowest BCUT2D eigenvalue weighted by atomic mass is 9.97. The summed E-state index contributed by atoms with van der Waals surface area (Å²) in [5.41, 5.74) is 4.71. The van der Waals surface area contributed by atoms with Crippen LogP contribution in [0.15, 0.2) is 122 Å². The van der Waals surface area contributed by atoms with E-state index in [1.807, 2.05) is 78.2 Å². The molecular weight excluding hydrogens is 654 g/mol. The number of hydrogen-bond donors (Lipinski definition) is 0. The van der Waals surface area contributed by atoms with Gasteiger partial charge in [-0.1, -0.05) is 94.0 Å². The molecule has 0 N–H and O–H groups in total. The molecule has 0 aliphatic carbocycles. The zero-order valence-electron chi connectivity index (χ0n) is 23.6. The summed E-state index contributed by atoms with van der Waals surface area (Å²) in [7, 11) is 0. The second kappa shape index (κ2) is 12.0. The number of para-hydroxylation sites is 1. The second-order valence-electron chi connectivity index (χ2n) is 10.3. The van der Waals surface area contributed by atoms with E-state index in [0.29, 0.717) is 27.1 Å². The molecule has 0 spiro atoms. The molecule has 0 fully saturated rings. The minimum atomic E-state index is -0.651. The smallest absolute Gasteiger partial charge is 0.338 e. The van der Waals surface area contributed by atoms with Gasteiger partial charge in [0.25, 0.3) is 5.56 Å². The fraction of sp³-hybridized carbons (Fsp3) is 0.114. The first kappa shape index (κ1) is 28.5. The third kappa shape index (κ3) is 5.21. The van der Waals surface area contributed by atoms with Gasteiger partial charge in [0.2, 0.25) is 0 Å². The van der Waals surface area contributed by atoms with E-state index in [1.165, 1.54) is 28.2 Å². The number of aromatic nitrogens is 2. The average Bonchev–Trinajstić information content (AvgIpc) is 3.77. The van der Waals surface area contributed by atoms with Crippen LogP contribution in [0.5, 0.6) is 0 Å². The third-order valence-electron chi connectivity index (χ3n) is 7.56. The Labute approximate surface area is 269 Å². The highest BCUT2D eigenvalue weighted by molar-refractivity contribution is 9.10. The Balaban J connectivity index is 1.43. The zero-order valence-corrected chi connectivity index (χ0v) is 26.9. The van der Waals surface area contributed by atoms with Crippen LogP contribution in [0.2, 0.25) is 0 Å². The SMILES string of the molecule is CCOC(=O)C1=C(c2ccccc2)N=c2sc(=Cc3cn(Cc4ccc(Br)cc4)c4ccccc34)c(=O)n2C1c1cccs1. The first-order chi connectivity index (χ1) is 21.5. The molecule has 4 heterocycles. The monoisotopic (exact) mass is 679 g/mol. The number of hydrogen-bond acceptors (Lipinski definition) is 6. The molecule has 7 rings (SSSR count). The first-order valence-electron chi connectivity index (χ1n) is 14.2. The number of esters is 1. The summed E-state index contributed by atoms with van der Waals surface area (Å²) in [6.07, 6.45) is 4.05. The Kier molecular flexibility index (Phi) is 7.76. The average molecular weight is 681 g/mol. The lowest BCUT2D eigenvalue weighted by Gasteiger charge is -2.24. The molecule has 0 amide bonds. The van der Waals surface area contributed by atoms with Crippen LogP contribution in [0.25, 0.3) is 22.7 Å². The summed E-state index contributed by atoms with van der Waals surface area (Å²) in [4.78, 5) is 34.2. The quantitative estimate of drug-likeness (QED) is 0.175. The predicted octanol–water partition coefficient (Wildman–Crippen LogP) is 6.76. The number of carbonyl (C=O) groups is 1. The summed E-state index contributed by atoms with van der Waals surface area (Å²) >= 11 is 6.36. The Morgan fingerprint density at radius 2 is 1.77 bits per heavy atom. The van der Waals surface area contributed by atoms with Gasteiger partial charge in [-0.15, -0.1) is 11.3 Å². The van der Waals surface area contributed by atoms with Crippen LogP contribution in [0, 0.1) is 0 Å². The first-order valence-corrected chi connectivity index (χ1v) is 16.6. The van der Waals surface area contributed by atoms with Crippen LogP contribution in [-0.2, 0) is 16.1 Å². The number of thiazole rings is 1. The van der Waals surface area contributed by atoms with E-state index in [2.05, 4.69) is 51.0 Å². The molecule has 3 aromatic heterocycles. The van der Waals surface area contributed by atoms with Crippen molar-refractivity contribution in [3.8, 4) is 0 Å². The Hall–Kier alpha value is -4.31. The summed E-state index contributed by atoms with van der Waals surface area (Å²) in [6.45, 7) is 2.70. The van der Waals surface area contributed by atoms with Crippen molar-refractivity contribution in [1.29, 1.82) is 0 Å². The number of thiophene rings is 1. The molecule has 1 aliphatic heterocycles. The largest absolute Gasteiger partial charge is 0.463 e. The van der Waals surface area contributed by atoms with E-state index in [0.717, 1.165) is 31.4 Å². The van der Waals surface area contributed by atoms with E-state index in [-0.39, 0.29) is 12.2 Å². The molecule has 9 heteroatoms. The Morgan fingerprint density at radius 3 is 2.52 bits per heavy atom. The van der Waals surface area contributed by atoms with Crippen LogP contribution in [0.3, 0.4) is 0 Å². The highest BCUT2D eigenvalue weighted by atomic mass is 79.9. The van der Waals surface area contributed by atoms with E-state index in [1.54, 1.807) is 11.5 Å². The number of rotatable bonds is 7. The molecule has 1 atom stereocenters. The molecule has 6 nitrogen and oxygen atoms in total. The molecule has 1 aliphatic rings. The molecule has 6 aromatic rings. The number of fused-ring (bicyclic) bond motifs is 2. The van der Waals surface area contributed by atoms with Crippen LogP contribution >= 0.6 is 38.6 Å². The highest BCUT2D eigenvalue weighted by Gasteiger charge is 2.35. The van der Waals surface area contributed by atoms with Gasteiger partial charge in [0.15, 0.2) is 4.80 Å². The molecule has 0 radical (unpaired) electrons. The lowest BCUT2D eigenvalue weighted by Crippen LogP contribution is -2.39. The van der Waals surface area contributed by atoms with Gasteiger partial charge in [0, 0.05) is 44.1 Å². The topological polar surface area (TPSA) is 65.6 Å². The van der Waals surface area contributed by atoms with E-state index >= 15 is 0 Å². The zero-order chi connectivity index (χ0) is 30.2. The summed E-state index contributed by atoms with van der Waals surface area (Å²) in [5, 5.41) is 3.01. The van der Waals surface area contributed by atoms with Gasteiger partial charge in [-0.3, -0.25) is 9.36 Å². The summed E-state index contributed by atoms with van der Waals surface area (Å²) < 4.78 is 11.0. The van der Waals surface area contributed by atoms with Crippen molar-refractivity contribution in [2.24, 2.45) is 4.99 Å². The van der Waals surface area contributed by atoms with Crippen molar-refractivity contribution in [3.05, 3.63) is 154 Å². The van der Waals surface area contributed by atoms with Crippen molar-refractivity contribution in [2.75, 3.05) is 6.61 Å². The number of ether oxygens (including phenoxy) is 1. The molecule has 0 saturated heterocycles. The molecular formula is C35H26BrN3O3S2. The van der Waals surface area contributed by atoms with Crippen molar-refractivity contribution < 1.29 is 9.53 Å². The molecule has 0 saturated carbocycles. The number of halogens is 1. The van der Waals surface area contributed by atoms with Gasteiger partial charge in [0.05, 0.1) is 22.4 Å². The maximum absolute atomic E-state index is 14.3. The van der Waals surface area contributed by atoms with Gasteiger partial charge >= 0.3 is 5.97 Å². The number of carbonyl (C=O) groups excluding carboxylic acids is 1. The van der Waals surface area contributed by atoms with Gasteiger partial charge in [-0.05, 0) is 48.2 Å². The van der Waals surface area contributed by atoms with Gasteiger partial charge < -0.3 is 9.30 Å². The second-order valence-corrected chi connectivity index (χ2v) is 13.2. The van der Waals surface area contributed by atoms with Gasteiger partial charge in [-0.2, -0.15) is 0 Å². The highest BCUT2D eigenvalue weighted by Crippen LogP contribution is 2.37. The Bertz CT molecular complexity index is 2210. The van der Waals surface area contributed by atoms with Crippen molar-refractivity contribution >= 4 is 67.2 Å². The van der Waals surface area contributed by atoms with Crippen molar-refractivity contribution in [2.45, 2.75) is 19.5 Å². The van der Waals surface area contributed by atoms with Crippen molar-refractivity contribution in [3.63, 3.8) is 0 Å². The lowest BCUT2D eigenvalue weighted by molar-refractivity contribution is -0.138. The van der Waals surface area contributed by atoms with Crippen molar-refractivity contribution in [1.82, 2.24) is 9.13 Å². The predicted molar refractivity (Wildman–Crippen MR) is 181 cm³/mol. The summed E-state index contributed by atoms with van der Waals surface area (Å²) in [5.74, 6) is -0.473. The van der Waals surface area contributed by atoms with Crippen LogP contribution < -0.4 is 14.9 Å². The van der Waals surface area contributed by atoms with E-state index in [4.69, 9.17) is 9.73 Å².